The Labute approximate surface area is 75.1 Å². The Bertz CT molecular complexity index is 348. The molecule has 0 bridgehead atoms. The molecule has 0 aliphatic carbocycles. The minimum Gasteiger partial charge on any atom is -0.483 e. The van der Waals surface area contributed by atoms with Crippen molar-refractivity contribution in [2.24, 2.45) is 5.14 Å². The van der Waals surface area contributed by atoms with Gasteiger partial charge in [0.1, 0.15) is 4.90 Å². The van der Waals surface area contributed by atoms with E-state index in [0.29, 0.717) is 0 Å². The molecule has 3 N–H and O–H groups in total. The molecule has 0 atom stereocenters. The fourth-order valence-electron chi connectivity index (χ4n) is 0.515. The number of nitrogens with two attached hydrogens (primary N) is 1. The van der Waals surface area contributed by atoms with Crippen LogP contribution in [-0.2, 0) is 14.8 Å². The van der Waals surface area contributed by atoms with Crippen LogP contribution in [0.5, 0.6) is 0 Å². The van der Waals surface area contributed by atoms with E-state index in [9.17, 15) is 8.42 Å². The maximum absolute atomic E-state index is 10.6. The number of aromatic nitrogens is 1. The number of pyridine rings is 1. The lowest BCUT2D eigenvalue weighted by atomic mass is 10.5. The Hall–Kier alpha value is -1.47. The van der Waals surface area contributed by atoms with Crippen molar-refractivity contribution < 1.29 is 18.3 Å². The zero-order chi connectivity index (χ0) is 10.3. The Morgan fingerprint density at radius 3 is 2.31 bits per heavy atom. The van der Waals surface area contributed by atoms with Gasteiger partial charge in [-0.2, -0.15) is 0 Å². The van der Waals surface area contributed by atoms with Crippen molar-refractivity contribution in [2.75, 3.05) is 0 Å². The van der Waals surface area contributed by atoms with Gasteiger partial charge in [-0.05, 0) is 12.1 Å². The quantitative estimate of drug-likeness (QED) is 0.595. The maximum Gasteiger partial charge on any atom is 0.290 e. The third kappa shape index (κ3) is 4.88. The van der Waals surface area contributed by atoms with Crippen molar-refractivity contribution in [1.82, 2.24) is 4.98 Å². The Morgan fingerprint density at radius 2 is 2.08 bits per heavy atom. The van der Waals surface area contributed by atoms with Crippen LogP contribution in [0.4, 0.5) is 0 Å². The van der Waals surface area contributed by atoms with Crippen molar-refractivity contribution >= 4 is 16.5 Å². The fraction of sp³-hybridized carbons (Fsp3) is 0. The molecule has 13 heavy (non-hydrogen) atoms. The van der Waals surface area contributed by atoms with Crippen LogP contribution in [0.15, 0.2) is 29.4 Å². The number of rotatable bonds is 1. The highest BCUT2D eigenvalue weighted by molar-refractivity contribution is 7.89. The summed E-state index contributed by atoms with van der Waals surface area (Å²) in [6, 6.07) is 2.90. The summed E-state index contributed by atoms with van der Waals surface area (Å²) in [4.78, 5) is 12.0. The number of hydrogen-bond donors (Lipinski definition) is 2. The molecular formula is C6H8N2O4S. The van der Waals surface area contributed by atoms with Crippen LogP contribution in [0.25, 0.3) is 0 Å². The second kappa shape index (κ2) is 5.22. The summed E-state index contributed by atoms with van der Waals surface area (Å²) < 4.78 is 21.1. The summed E-state index contributed by atoms with van der Waals surface area (Å²) in [6.45, 7) is -0.250. The Balaban J connectivity index is 0.000000424. The number of carboxylic acid groups (broad SMARTS) is 1. The smallest absolute Gasteiger partial charge is 0.290 e. The number of sulfonamides is 1. The predicted molar refractivity (Wildman–Crippen MR) is 44.3 cm³/mol. The highest BCUT2D eigenvalue weighted by atomic mass is 32.2. The third-order valence-corrected chi connectivity index (χ3v) is 1.86. The van der Waals surface area contributed by atoms with Gasteiger partial charge in [-0.3, -0.25) is 9.78 Å². The average molecular weight is 204 g/mol. The standard InChI is InChI=1S/C5H6N2O2S.CH2O2/c6-10(8,9)5-2-1-3-7-4-5;2-1-3/h1-4H,(H2,6,8,9);1H,(H,2,3). The van der Waals surface area contributed by atoms with E-state index in [1.54, 1.807) is 0 Å². The largest absolute Gasteiger partial charge is 0.483 e. The summed E-state index contributed by atoms with van der Waals surface area (Å²) in [5, 5.41) is 11.7. The molecule has 0 fully saturated rings. The molecule has 6 nitrogen and oxygen atoms in total. The molecule has 0 aromatic carbocycles. The maximum atomic E-state index is 10.6. The normalized spacial score (nSPS) is 9.62. The van der Waals surface area contributed by atoms with Crippen LogP contribution < -0.4 is 5.14 Å². The second-order valence-corrected chi connectivity index (χ2v) is 3.40. The van der Waals surface area contributed by atoms with E-state index in [2.05, 4.69) is 4.98 Å². The van der Waals surface area contributed by atoms with Crippen LogP contribution in [0, 0.1) is 0 Å². The van der Waals surface area contributed by atoms with Gasteiger partial charge in [0, 0.05) is 12.4 Å². The van der Waals surface area contributed by atoms with Gasteiger partial charge < -0.3 is 5.11 Å². The minimum atomic E-state index is -3.57. The zero-order valence-corrected chi connectivity index (χ0v) is 7.31. The first kappa shape index (κ1) is 11.5. The lowest BCUT2D eigenvalue weighted by molar-refractivity contribution is -0.122. The monoisotopic (exact) mass is 204 g/mol. The van der Waals surface area contributed by atoms with Crippen LogP contribution >= 0.6 is 0 Å². The average Bonchev–Trinajstić information content (AvgIpc) is 2.06. The SMILES string of the molecule is NS(=O)(=O)c1cccnc1.O=CO. The van der Waals surface area contributed by atoms with Gasteiger partial charge in [0.15, 0.2) is 0 Å². The minimum absolute atomic E-state index is 0.0370. The molecular weight excluding hydrogens is 196 g/mol. The van der Waals surface area contributed by atoms with Crippen LogP contribution in [0.2, 0.25) is 0 Å². The molecule has 7 heteroatoms. The van der Waals surface area contributed by atoms with Gasteiger partial charge in [0.25, 0.3) is 6.47 Å². The van der Waals surface area contributed by atoms with Gasteiger partial charge >= 0.3 is 0 Å². The second-order valence-electron chi connectivity index (χ2n) is 1.84. The molecule has 1 aromatic rings. The molecule has 0 aliphatic heterocycles. The summed E-state index contributed by atoms with van der Waals surface area (Å²) in [5.74, 6) is 0. The van der Waals surface area contributed by atoms with Crippen LogP contribution in [0.1, 0.15) is 0 Å². The number of hydrogen-bond acceptors (Lipinski definition) is 4. The first-order valence-corrected chi connectivity index (χ1v) is 4.57. The lowest BCUT2D eigenvalue weighted by Gasteiger charge is -1.92. The van der Waals surface area contributed by atoms with E-state index in [0.717, 1.165) is 0 Å². The summed E-state index contributed by atoms with van der Waals surface area (Å²) in [6.07, 6.45) is 2.68. The van der Waals surface area contributed by atoms with E-state index in [4.69, 9.17) is 15.0 Å². The zero-order valence-electron chi connectivity index (χ0n) is 6.49. The Morgan fingerprint density at radius 1 is 1.54 bits per heavy atom. The topological polar surface area (TPSA) is 110 Å². The van der Waals surface area contributed by atoms with Crippen molar-refractivity contribution in [3.05, 3.63) is 24.5 Å². The van der Waals surface area contributed by atoms with Gasteiger partial charge in [0.2, 0.25) is 10.0 Å². The van der Waals surface area contributed by atoms with Crippen LogP contribution in [-0.4, -0.2) is 25.0 Å². The van der Waals surface area contributed by atoms with Gasteiger partial charge in [-0.15, -0.1) is 0 Å². The van der Waals surface area contributed by atoms with Crippen molar-refractivity contribution in [3.63, 3.8) is 0 Å². The van der Waals surface area contributed by atoms with Crippen LogP contribution in [0.3, 0.4) is 0 Å². The van der Waals surface area contributed by atoms with Gasteiger partial charge in [-0.25, -0.2) is 13.6 Å². The Kier molecular flexibility index (Phi) is 4.63. The van der Waals surface area contributed by atoms with Gasteiger partial charge in [-0.1, -0.05) is 0 Å². The highest BCUT2D eigenvalue weighted by Crippen LogP contribution is 2.00. The van der Waals surface area contributed by atoms with Crippen molar-refractivity contribution in [1.29, 1.82) is 0 Å². The third-order valence-electron chi connectivity index (χ3n) is 0.963. The summed E-state index contributed by atoms with van der Waals surface area (Å²) >= 11 is 0. The molecule has 0 saturated carbocycles. The first-order valence-electron chi connectivity index (χ1n) is 3.03. The van der Waals surface area contributed by atoms with E-state index < -0.39 is 10.0 Å². The molecule has 0 radical (unpaired) electrons. The van der Waals surface area contributed by atoms with E-state index >= 15 is 0 Å². The lowest BCUT2D eigenvalue weighted by Crippen LogP contribution is -2.11. The molecule has 1 heterocycles. The first-order chi connectivity index (χ1) is 6.02. The number of carbonyl (C=O) groups is 1. The fourth-order valence-corrected chi connectivity index (χ4v) is 0.991. The predicted octanol–water partition coefficient (Wildman–Crippen LogP) is -0.570. The summed E-state index contributed by atoms with van der Waals surface area (Å²) in [7, 11) is -3.57. The molecule has 1 aromatic heterocycles. The molecule has 1 rings (SSSR count). The van der Waals surface area contributed by atoms with E-state index in [1.807, 2.05) is 0 Å². The molecule has 0 spiro atoms. The van der Waals surface area contributed by atoms with Gasteiger partial charge in [0.05, 0.1) is 0 Å². The summed E-state index contributed by atoms with van der Waals surface area (Å²) in [5.41, 5.74) is 0. The molecule has 72 valence electrons. The molecule has 0 unspecified atom stereocenters. The van der Waals surface area contributed by atoms with Crippen molar-refractivity contribution in [2.45, 2.75) is 4.90 Å². The number of primary sulfonamides is 1. The highest BCUT2D eigenvalue weighted by Gasteiger charge is 2.04. The van der Waals surface area contributed by atoms with E-state index in [-0.39, 0.29) is 11.4 Å². The molecule has 0 aliphatic rings. The van der Waals surface area contributed by atoms with Crippen molar-refractivity contribution in [3.8, 4) is 0 Å². The molecule has 0 saturated heterocycles. The number of nitrogens with zero attached hydrogens (tertiary/aromatic N) is 1. The molecule has 0 amide bonds. The van der Waals surface area contributed by atoms with E-state index in [1.165, 1.54) is 24.5 Å².